The number of benzene rings is 2. The second kappa shape index (κ2) is 9.20. The Bertz CT molecular complexity index is 1140. The third-order valence-electron chi connectivity index (χ3n) is 5.89. The quantitative estimate of drug-likeness (QED) is 0.583. The first-order chi connectivity index (χ1) is 15.1. The van der Waals surface area contributed by atoms with Crippen molar-refractivity contribution in [3.05, 3.63) is 64.7 Å². The Morgan fingerprint density at radius 1 is 1.16 bits per heavy atom. The largest absolute Gasteiger partial charge is 0.497 e. The molecule has 0 radical (unpaired) electrons. The zero-order chi connectivity index (χ0) is 21.8. The zero-order valence-corrected chi connectivity index (χ0v) is 17.9. The van der Waals surface area contributed by atoms with Crippen LogP contribution in [0.3, 0.4) is 0 Å². The van der Waals surface area contributed by atoms with Gasteiger partial charge in [-0.2, -0.15) is 0 Å². The van der Waals surface area contributed by atoms with Crippen molar-refractivity contribution in [3.8, 4) is 11.5 Å². The van der Waals surface area contributed by atoms with Crippen molar-refractivity contribution in [1.82, 2.24) is 14.5 Å². The van der Waals surface area contributed by atoms with E-state index in [4.69, 9.17) is 9.47 Å². The smallest absolute Gasteiger partial charge is 0.261 e. The number of hydrogen-bond acceptors (Lipinski definition) is 5. The Morgan fingerprint density at radius 2 is 2.00 bits per heavy atom. The van der Waals surface area contributed by atoms with E-state index in [0.29, 0.717) is 30.3 Å². The number of methoxy groups -OCH3 is 2. The number of aromatic nitrogens is 2. The van der Waals surface area contributed by atoms with E-state index >= 15 is 0 Å². The SMILES string of the molecule is COc1ccc(OC)c(C2CCCN2C(=O)CCCn2cnc3ccccc3c2=O)c1. The molecule has 7 heteroatoms. The van der Waals surface area contributed by atoms with Crippen LogP contribution in [0.4, 0.5) is 0 Å². The molecule has 2 aromatic carbocycles. The summed E-state index contributed by atoms with van der Waals surface area (Å²) in [6.07, 6.45) is 4.36. The summed E-state index contributed by atoms with van der Waals surface area (Å²) in [4.78, 5) is 31.9. The van der Waals surface area contributed by atoms with Crippen LogP contribution >= 0.6 is 0 Å². The van der Waals surface area contributed by atoms with Crippen molar-refractivity contribution in [3.63, 3.8) is 0 Å². The fourth-order valence-corrected chi connectivity index (χ4v) is 4.30. The Labute approximate surface area is 181 Å². The van der Waals surface area contributed by atoms with Crippen LogP contribution in [0.25, 0.3) is 10.9 Å². The predicted molar refractivity (Wildman–Crippen MR) is 118 cm³/mol. The van der Waals surface area contributed by atoms with Gasteiger partial charge >= 0.3 is 0 Å². The minimum atomic E-state index is -0.0711. The third kappa shape index (κ3) is 4.26. The lowest BCUT2D eigenvalue weighted by atomic mass is 10.0. The maximum Gasteiger partial charge on any atom is 0.261 e. The fraction of sp³-hybridized carbons (Fsp3) is 0.375. The van der Waals surface area contributed by atoms with Gasteiger partial charge in [0.15, 0.2) is 0 Å². The summed E-state index contributed by atoms with van der Waals surface area (Å²) in [5.74, 6) is 1.60. The highest BCUT2D eigenvalue weighted by Crippen LogP contribution is 2.39. The number of amides is 1. The van der Waals surface area contributed by atoms with E-state index in [-0.39, 0.29) is 17.5 Å². The summed E-state index contributed by atoms with van der Waals surface area (Å²) in [5.41, 5.74) is 1.59. The van der Waals surface area contributed by atoms with Gasteiger partial charge in [-0.1, -0.05) is 12.1 Å². The third-order valence-corrected chi connectivity index (χ3v) is 5.89. The lowest BCUT2D eigenvalue weighted by Gasteiger charge is -2.27. The Hall–Kier alpha value is -3.35. The molecule has 1 saturated heterocycles. The molecule has 7 nitrogen and oxygen atoms in total. The minimum absolute atomic E-state index is 0.0254. The summed E-state index contributed by atoms with van der Waals surface area (Å²) < 4.78 is 12.5. The molecule has 1 aromatic heterocycles. The molecule has 1 aliphatic rings. The molecule has 0 spiro atoms. The number of carbonyl (C=O) groups is 1. The van der Waals surface area contributed by atoms with Crippen molar-refractivity contribution in [2.45, 2.75) is 38.3 Å². The molecule has 0 bridgehead atoms. The molecule has 1 atom stereocenters. The molecule has 1 unspecified atom stereocenters. The summed E-state index contributed by atoms with van der Waals surface area (Å²) in [7, 11) is 3.27. The average molecular weight is 421 g/mol. The first-order valence-corrected chi connectivity index (χ1v) is 10.6. The number of aryl methyl sites for hydroxylation is 1. The predicted octanol–water partition coefficient (Wildman–Crippen LogP) is 3.56. The zero-order valence-electron chi connectivity index (χ0n) is 17.9. The number of nitrogens with zero attached hydrogens (tertiary/aromatic N) is 3. The first kappa shape index (κ1) is 20.9. The molecule has 3 aromatic rings. The summed E-state index contributed by atoms with van der Waals surface area (Å²) in [5, 5.41) is 0.598. The van der Waals surface area contributed by atoms with Gasteiger partial charge in [-0.25, -0.2) is 4.98 Å². The van der Waals surface area contributed by atoms with Crippen LogP contribution < -0.4 is 15.0 Å². The number of para-hydroxylation sites is 1. The highest BCUT2D eigenvalue weighted by Gasteiger charge is 2.31. The van der Waals surface area contributed by atoms with E-state index in [1.54, 1.807) is 31.2 Å². The molecule has 0 aliphatic carbocycles. The van der Waals surface area contributed by atoms with Crippen LogP contribution in [-0.4, -0.2) is 41.1 Å². The number of likely N-dealkylation sites (tertiary alicyclic amines) is 1. The topological polar surface area (TPSA) is 73.7 Å². The van der Waals surface area contributed by atoms with Crippen molar-refractivity contribution in [2.75, 3.05) is 20.8 Å². The monoisotopic (exact) mass is 421 g/mol. The van der Waals surface area contributed by atoms with Gasteiger partial charge in [0.2, 0.25) is 5.91 Å². The highest BCUT2D eigenvalue weighted by molar-refractivity contribution is 5.77. The summed E-state index contributed by atoms with van der Waals surface area (Å²) in [6, 6.07) is 13.0. The molecule has 1 amide bonds. The number of carbonyl (C=O) groups excluding carboxylic acids is 1. The molecule has 2 heterocycles. The van der Waals surface area contributed by atoms with E-state index < -0.39 is 0 Å². The van der Waals surface area contributed by atoms with E-state index in [2.05, 4.69) is 4.98 Å². The lowest BCUT2D eigenvalue weighted by Crippen LogP contribution is -2.31. The van der Waals surface area contributed by atoms with E-state index in [1.165, 1.54) is 0 Å². The number of ether oxygens (including phenoxy) is 2. The molecule has 1 aliphatic heterocycles. The van der Waals surface area contributed by atoms with E-state index in [1.807, 2.05) is 41.3 Å². The van der Waals surface area contributed by atoms with Crippen LogP contribution in [0.5, 0.6) is 11.5 Å². The van der Waals surface area contributed by atoms with Gasteiger partial charge in [0.1, 0.15) is 11.5 Å². The lowest BCUT2D eigenvalue weighted by molar-refractivity contribution is -0.132. The van der Waals surface area contributed by atoms with Gasteiger partial charge in [0, 0.05) is 25.1 Å². The van der Waals surface area contributed by atoms with Gasteiger partial charge in [-0.05, 0) is 49.6 Å². The van der Waals surface area contributed by atoms with Gasteiger partial charge < -0.3 is 14.4 Å². The van der Waals surface area contributed by atoms with Gasteiger partial charge in [0.05, 0.1) is 37.5 Å². The van der Waals surface area contributed by atoms with Crippen LogP contribution in [0.1, 0.15) is 37.3 Å². The van der Waals surface area contributed by atoms with Gasteiger partial charge in [-0.3, -0.25) is 14.2 Å². The Kier molecular flexibility index (Phi) is 6.21. The maximum atomic E-state index is 13.0. The van der Waals surface area contributed by atoms with Crippen LogP contribution in [0, 0.1) is 0 Å². The van der Waals surface area contributed by atoms with Crippen molar-refractivity contribution in [1.29, 1.82) is 0 Å². The van der Waals surface area contributed by atoms with Gasteiger partial charge in [0.25, 0.3) is 5.56 Å². The molecule has 162 valence electrons. The standard InChI is InChI=1S/C24H27N3O4/c1-30-17-11-12-22(31-2)19(15-17)21-9-5-14-27(21)23(28)10-6-13-26-16-25-20-8-4-3-7-18(20)24(26)29/h3-4,7-8,11-12,15-16,21H,5-6,9-10,13-14H2,1-2H3. The molecule has 1 fully saturated rings. The summed E-state index contributed by atoms with van der Waals surface area (Å²) >= 11 is 0. The highest BCUT2D eigenvalue weighted by atomic mass is 16.5. The normalized spacial score (nSPS) is 15.9. The van der Waals surface area contributed by atoms with Gasteiger partial charge in [-0.15, -0.1) is 0 Å². The maximum absolute atomic E-state index is 13.0. The first-order valence-electron chi connectivity index (χ1n) is 10.6. The second-order valence-corrected chi connectivity index (χ2v) is 7.72. The number of hydrogen-bond donors (Lipinski definition) is 0. The minimum Gasteiger partial charge on any atom is -0.497 e. The number of fused-ring (bicyclic) bond motifs is 1. The number of rotatable bonds is 7. The van der Waals surface area contributed by atoms with Crippen molar-refractivity contribution < 1.29 is 14.3 Å². The second-order valence-electron chi connectivity index (χ2n) is 7.72. The molecular formula is C24H27N3O4. The Morgan fingerprint density at radius 3 is 2.81 bits per heavy atom. The van der Waals surface area contributed by atoms with Crippen molar-refractivity contribution >= 4 is 16.8 Å². The molecule has 4 rings (SSSR count). The van der Waals surface area contributed by atoms with Crippen molar-refractivity contribution in [2.24, 2.45) is 0 Å². The Balaban J connectivity index is 1.44. The van der Waals surface area contributed by atoms with Crippen LogP contribution in [0.2, 0.25) is 0 Å². The van der Waals surface area contributed by atoms with E-state index in [9.17, 15) is 9.59 Å². The molecule has 0 saturated carbocycles. The molecular weight excluding hydrogens is 394 g/mol. The van der Waals surface area contributed by atoms with Crippen LogP contribution in [0.15, 0.2) is 53.6 Å². The van der Waals surface area contributed by atoms with Crippen LogP contribution in [-0.2, 0) is 11.3 Å². The van der Waals surface area contributed by atoms with E-state index in [0.717, 1.165) is 36.4 Å². The molecule has 31 heavy (non-hydrogen) atoms. The fourth-order valence-electron chi connectivity index (χ4n) is 4.30. The summed E-state index contributed by atoms with van der Waals surface area (Å²) in [6.45, 7) is 1.19. The molecule has 0 N–H and O–H groups in total. The average Bonchev–Trinajstić information content (AvgIpc) is 3.30.